The average Bonchev–Trinajstić information content (AvgIpc) is 2.44. The molecule has 0 aliphatic heterocycles. The normalized spacial score (nSPS) is 10.9. The molecule has 4 nitrogen and oxygen atoms in total. The summed E-state index contributed by atoms with van der Waals surface area (Å²) in [6.45, 7) is 3.43. The Morgan fingerprint density at radius 3 is 2.52 bits per heavy atom. The average molecular weight is 312 g/mol. The fourth-order valence-electron chi connectivity index (χ4n) is 1.93. The van der Waals surface area contributed by atoms with Crippen molar-refractivity contribution in [1.82, 2.24) is 15.5 Å². The molecule has 0 aliphatic carbocycles. The summed E-state index contributed by atoms with van der Waals surface area (Å²) in [6, 6.07) is 7.72. The molecule has 0 fully saturated rings. The number of carbonyl (C=O) groups excluding carboxylic acids is 1. The fraction of sp³-hybridized carbons (Fsp3) is 0.562. The molecule has 0 saturated carbocycles. The minimum Gasteiger partial charge on any atom is -0.356 e. The van der Waals surface area contributed by atoms with Crippen molar-refractivity contribution in [2.75, 3.05) is 40.3 Å². The molecular weight excluding hydrogens is 286 g/mol. The second-order valence-electron chi connectivity index (χ2n) is 5.38. The Bertz CT molecular complexity index is 406. The van der Waals surface area contributed by atoms with E-state index in [1.807, 2.05) is 24.3 Å². The van der Waals surface area contributed by atoms with E-state index in [0.717, 1.165) is 37.5 Å². The lowest BCUT2D eigenvalue weighted by atomic mass is 10.1. The van der Waals surface area contributed by atoms with Crippen molar-refractivity contribution >= 4 is 17.5 Å². The Balaban J connectivity index is 2.00. The van der Waals surface area contributed by atoms with E-state index in [1.54, 1.807) is 0 Å². The van der Waals surface area contributed by atoms with Crippen molar-refractivity contribution in [2.45, 2.75) is 19.3 Å². The number of rotatable bonds is 10. The number of halogens is 1. The van der Waals surface area contributed by atoms with Crippen LogP contribution in [0.1, 0.15) is 18.4 Å². The molecule has 0 heterocycles. The SMILES string of the molecule is CN(C)CCCNCCC(=O)NCCc1ccc(Cl)cc1. The lowest BCUT2D eigenvalue weighted by molar-refractivity contribution is -0.120. The van der Waals surface area contributed by atoms with Gasteiger partial charge >= 0.3 is 0 Å². The van der Waals surface area contributed by atoms with E-state index in [9.17, 15) is 4.79 Å². The minimum atomic E-state index is 0.101. The Morgan fingerprint density at radius 2 is 1.86 bits per heavy atom. The van der Waals surface area contributed by atoms with E-state index in [-0.39, 0.29) is 5.91 Å². The number of carbonyl (C=O) groups is 1. The monoisotopic (exact) mass is 311 g/mol. The standard InChI is InChI=1S/C16H26ClN3O/c1-20(2)13-3-10-18-11-9-16(21)19-12-8-14-4-6-15(17)7-5-14/h4-7,18H,3,8-13H2,1-2H3,(H,19,21). The van der Waals surface area contributed by atoms with Crippen LogP contribution < -0.4 is 10.6 Å². The van der Waals surface area contributed by atoms with Crippen LogP contribution in [0.3, 0.4) is 0 Å². The number of benzene rings is 1. The van der Waals surface area contributed by atoms with Gasteiger partial charge in [0, 0.05) is 24.5 Å². The topological polar surface area (TPSA) is 44.4 Å². The van der Waals surface area contributed by atoms with Gasteiger partial charge in [0.15, 0.2) is 0 Å². The first-order chi connectivity index (χ1) is 10.1. The summed E-state index contributed by atoms with van der Waals surface area (Å²) in [6.07, 6.45) is 2.47. The first-order valence-corrected chi connectivity index (χ1v) is 7.82. The van der Waals surface area contributed by atoms with Crippen LogP contribution in [0.2, 0.25) is 5.02 Å². The molecular formula is C16H26ClN3O. The molecule has 1 aromatic rings. The molecule has 118 valence electrons. The van der Waals surface area contributed by atoms with Crippen LogP contribution in [-0.2, 0) is 11.2 Å². The highest BCUT2D eigenvalue weighted by Gasteiger charge is 2.00. The Morgan fingerprint density at radius 1 is 1.14 bits per heavy atom. The molecule has 0 aromatic heterocycles. The third-order valence-electron chi connectivity index (χ3n) is 3.14. The maximum Gasteiger partial charge on any atom is 0.221 e. The molecule has 1 rings (SSSR count). The van der Waals surface area contributed by atoms with Gasteiger partial charge in [0.25, 0.3) is 0 Å². The van der Waals surface area contributed by atoms with Crippen LogP contribution >= 0.6 is 11.6 Å². The van der Waals surface area contributed by atoms with Gasteiger partial charge in [-0.05, 0) is 57.7 Å². The van der Waals surface area contributed by atoms with Gasteiger partial charge in [0.05, 0.1) is 0 Å². The van der Waals surface area contributed by atoms with Gasteiger partial charge in [-0.15, -0.1) is 0 Å². The summed E-state index contributed by atoms with van der Waals surface area (Å²) in [5, 5.41) is 6.96. The highest BCUT2D eigenvalue weighted by molar-refractivity contribution is 6.30. The molecule has 2 N–H and O–H groups in total. The predicted octanol–water partition coefficient (Wildman–Crippen LogP) is 1.93. The molecule has 21 heavy (non-hydrogen) atoms. The second-order valence-corrected chi connectivity index (χ2v) is 5.82. The fourth-order valence-corrected chi connectivity index (χ4v) is 2.06. The first-order valence-electron chi connectivity index (χ1n) is 7.44. The van der Waals surface area contributed by atoms with Gasteiger partial charge in [0.1, 0.15) is 0 Å². The molecule has 0 saturated heterocycles. The van der Waals surface area contributed by atoms with Gasteiger partial charge < -0.3 is 15.5 Å². The van der Waals surface area contributed by atoms with Crippen LogP contribution in [0.4, 0.5) is 0 Å². The van der Waals surface area contributed by atoms with E-state index in [4.69, 9.17) is 11.6 Å². The molecule has 0 atom stereocenters. The summed E-state index contributed by atoms with van der Waals surface area (Å²) >= 11 is 5.83. The highest BCUT2D eigenvalue weighted by Crippen LogP contribution is 2.09. The van der Waals surface area contributed by atoms with E-state index < -0.39 is 0 Å². The third kappa shape index (κ3) is 9.45. The van der Waals surface area contributed by atoms with Crippen LogP contribution in [0.5, 0.6) is 0 Å². The third-order valence-corrected chi connectivity index (χ3v) is 3.39. The maximum absolute atomic E-state index is 11.6. The molecule has 0 radical (unpaired) electrons. The Kier molecular flexibility index (Phi) is 9.06. The quantitative estimate of drug-likeness (QED) is 0.649. The van der Waals surface area contributed by atoms with Crippen molar-refractivity contribution < 1.29 is 4.79 Å². The number of amides is 1. The molecule has 1 amide bonds. The number of nitrogens with zero attached hydrogens (tertiary/aromatic N) is 1. The number of hydrogen-bond acceptors (Lipinski definition) is 3. The largest absolute Gasteiger partial charge is 0.356 e. The Hall–Kier alpha value is -1.10. The lowest BCUT2D eigenvalue weighted by Crippen LogP contribution is -2.30. The molecule has 5 heteroatoms. The van der Waals surface area contributed by atoms with Gasteiger partial charge in [-0.2, -0.15) is 0 Å². The summed E-state index contributed by atoms with van der Waals surface area (Å²) < 4.78 is 0. The van der Waals surface area contributed by atoms with E-state index in [1.165, 1.54) is 5.56 Å². The van der Waals surface area contributed by atoms with Crippen LogP contribution in [-0.4, -0.2) is 51.1 Å². The zero-order valence-electron chi connectivity index (χ0n) is 13.0. The van der Waals surface area contributed by atoms with Crippen LogP contribution in [0.25, 0.3) is 0 Å². The maximum atomic E-state index is 11.6. The van der Waals surface area contributed by atoms with Crippen molar-refractivity contribution in [2.24, 2.45) is 0 Å². The summed E-state index contributed by atoms with van der Waals surface area (Å²) in [5.41, 5.74) is 1.18. The van der Waals surface area contributed by atoms with Crippen molar-refractivity contribution in [3.63, 3.8) is 0 Å². The van der Waals surface area contributed by atoms with Crippen molar-refractivity contribution in [3.8, 4) is 0 Å². The zero-order valence-corrected chi connectivity index (χ0v) is 13.7. The summed E-state index contributed by atoms with van der Waals surface area (Å²) in [7, 11) is 4.13. The number of hydrogen-bond donors (Lipinski definition) is 2. The number of nitrogens with one attached hydrogen (secondary N) is 2. The lowest BCUT2D eigenvalue weighted by Gasteiger charge is -2.10. The predicted molar refractivity (Wildman–Crippen MR) is 88.8 cm³/mol. The summed E-state index contributed by atoms with van der Waals surface area (Å²) in [4.78, 5) is 13.8. The minimum absolute atomic E-state index is 0.101. The molecule has 0 aliphatic rings. The van der Waals surface area contributed by atoms with Crippen LogP contribution in [0, 0.1) is 0 Å². The molecule has 0 spiro atoms. The van der Waals surface area contributed by atoms with Crippen molar-refractivity contribution in [1.29, 1.82) is 0 Å². The van der Waals surface area contributed by atoms with E-state index in [2.05, 4.69) is 29.6 Å². The van der Waals surface area contributed by atoms with Gasteiger partial charge in [-0.25, -0.2) is 0 Å². The highest BCUT2D eigenvalue weighted by atomic mass is 35.5. The van der Waals surface area contributed by atoms with E-state index >= 15 is 0 Å². The Labute approximate surface area is 132 Å². The van der Waals surface area contributed by atoms with E-state index in [0.29, 0.717) is 13.0 Å². The molecule has 0 unspecified atom stereocenters. The van der Waals surface area contributed by atoms with Gasteiger partial charge in [0.2, 0.25) is 5.91 Å². The first kappa shape index (κ1) is 18.0. The van der Waals surface area contributed by atoms with Crippen LogP contribution in [0.15, 0.2) is 24.3 Å². The van der Waals surface area contributed by atoms with Gasteiger partial charge in [-0.3, -0.25) is 4.79 Å². The molecule has 0 bridgehead atoms. The smallest absolute Gasteiger partial charge is 0.221 e. The second kappa shape index (κ2) is 10.6. The molecule has 1 aromatic carbocycles. The zero-order chi connectivity index (χ0) is 15.5. The van der Waals surface area contributed by atoms with Gasteiger partial charge in [-0.1, -0.05) is 23.7 Å². The summed E-state index contributed by atoms with van der Waals surface area (Å²) in [5.74, 6) is 0.101. The van der Waals surface area contributed by atoms with Crippen molar-refractivity contribution in [3.05, 3.63) is 34.9 Å².